The number of aryl methyl sites for hydroxylation is 3. The number of carbonyl (C=O) groups is 1. The first kappa shape index (κ1) is 12.9. The quantitative estimate of drug-likeness (QED) is 0.871. The Morgan fingerprint density at radius 2 is 2.20 bits per heavy atom. The monoisotopic (exact) mass is 274 g/mol. The van der Waals surface area contributed by atoms with Crippen molar-refractivity contribution in [2.75, 3.05) is 0 Å². The molecule has 0 bridgehead atoms. The smallest absolute Gasteiger partial charge is 0.306 e. The Hall–Kier alpha value is -2.11. The normalized spacial score (nSPS) is 18.1. The van der Waals surface area contributed by atoms with E-state index in [4.69, 9.17) is 5.11 Å². The van der Waals surface area contributed by atoms with Gasteiger partial charge in [-0.3, -0.25) is 9.48 Å². The zero-order valence-corrected chi connectivity index (χ0v) is 11.9. The number of hydrogen-bond acceptors (Lipinski definition) is 3. The number of carboxylic acid groups (broad SMARTS) is 1. The molecule has 0 saturated heterocycles. The number of imidazole rings is 1. The van der Waals surface area contributed by atoms with E-state index in [1.807, 2.05) is 25.6 Å². The molecule has 6 heteroatoms. The van der Waals surface area contributed by atoms with E-state index in [1.54, 1.807) is 0 Å². The molecule has 2 aromatic heterocycles. The number of H-pyrrole nitrogens is 1. The van der Waals surface area contributed by atoms with Crippen molar-refractivity contribution < 1.29 is 9.90 Å². The topological polar surface area (TPSA) is 83.8 Å². The van der Waals surface area contributed by atoms with Gasteiger partial charge in [0.1, 0.15) is 5.82 Å². The van der Waals surface area contributed by atoms with Crippen molar-refractivity contribution in [1.29, 1.82) is 0 Å². The molecular weight excluding hydrogens is 256 g/mol. The van der Waals surface area contributed by atoms with E-state index in [9.17, 15) is 4.79 Å². The van der Waals surface area contributed by atoms with Crippen LogP contribution in [0.1, 0.15) is 29.2 Å². The summed E-state index contributed by atoms with van der Waals surface area (Å²) in [5.74, 6) is -0.212. The van der Waals surface area contributed by atoms with Crippen LogP contribution in [0.5, 0.6) is 0 Å². The van der Waals surface area contributed by atoms with Crippen molar-refractivity contribution >= 4 is 5.97 Å². The van der Waals surface area contributed by atoms with Gasteiger partial charge in [0.05, 0.1) is 22.9 Å². The minimum atomic E-state index is -0.722. The predicted molar refractivity (Wildman–Crippen MR) is 73.4 cm³/mol. The molecule has 6 nitrogen and oxygen atoms in total. The summed E-state index contributed by atoms with van der Waals surface area (Å²) in [6, 6.07) is 0. The Kier molecular flexibility index (Phi) is 2.88. The lowest BCUT2D eigenvalue weighted by Gasteiger charge is -2.16. The van der Waals surface area contributed by atoms with Gasteiger partial charge in [-0.1, -0.05) is 0 Å². The van der Waals surface area contributed by atoms with Crippen LogP contribution < -0.4 is 0 Å². The summed E-state index contributed by atoms with van der Waals surface area (Å²) in [5.41, 5.74) is 4.98. The Morgan fingerprint density at radius 3 is 2.80 bits per heavy atom. The van der Waals surface area contributed by atoms with Crippen LogP contribution in [0.2, 0.25) is 0 Å². The Labute approximate surface area is 116 Å². The second-order valence-corrected chi connectivity index (χ2v) is 5.46. The van der Waals surface area contributed by atoms with Gasteiger partial charge in [0.25, 0.3) is 0 Å². The average Bonchev–Trinajstić information content (AvgIpc) is 2.90. The Bertz CT molecular complexity index is 684. The highest BCUT2D eigenvalue weighted by Crippen LogP contribution is 2.29. The largest absolute Gasteiger partial charge is 0.481 e. The number of fused-ring (bicyclic) bond motifs is 1. The fourth-order valence-corrected chi connectivity index (χ4v) is 2.93. The molecular formula is C14H18N4O2. The van der Waals surface area contributed by atoms with Gasteiger partial charge >= 0.3 is 5.97 Å². The summed E-state index contributed by atoms with van der Waals surface area (Å²) in [7, 11) is 1.91. The van der Waals surface area contributed by atoms with Gasteiger partial charge in [0.2, 0.25) is 0 Å². The first-order valence-electron chi connectivity index (χ1n) is 6.78. The molecule has 1 unspecified atom stereocenters. The van der Waals surface area contributed by atoms with Crippen LogP contribution in [-0.2, 0) is 24.7 Å². The van der Waals surface area contributed by atoms with Gasteiger partial charge in [0.15, 0.2) is 0 Å². The SMILES string of the molecule is Cc1nn(C)c(C)c1-c1nc2c([nH]1)CC(C(=O)O)CC2. The fourth-order valence-electron chi connectivity index (χ4n) is 2.93. The number of hydrogen-bond donors (Lipinski definition) is 2. The second-order valence-electron chi connectivity index (χ2n) is 5.46. The van der Waals surface area contributed by atoms with Crippen molar-refractivity contribution in [2.24, 2.45) is 13.0 Å². The van der Waals surface area contributed by atoms with Gasteiger partial charge in [-0.15, -0.1) is 0 Å². The van der Waals surface area contributed by atoms with E-state index < -0.39 is 5.97 Å². The maximum absolute atomic E-state index is 11.1. The average molecular weight is 274 g/mol. The maximum Gasteiger partial charge on any atom is 0.306 e. The number of aliphatic carboxylic acids is 1. The third-order valence-corrected chi connectivity index (χ3v) is 4.14. The Morgan fingerprint density at radius 1 is 1.45 bits per heavy atom. The molecule has 20 heavy (non-hydrogen) atoms. The van der Waals surface area contributed by atoms with Gasteiger partial charge in [-0.2, -0.15) is 5.10 Å². The highest BCUT2D eigenvalue weighted by Gasteiger charge is 2.28. The number of aromatic amines is 1. The highest BCUT2D eigenvalue weighted by molar-refractivity contribution is 5.71. The van der Waals surface area contributed by atoms with Crippen LogP contribution >= 0.6 is 0 Å². The molecule has 0 aliphatic heterocycles. The molecule has 2 aromatic rings. The van der Waals surface area contributed by atoms with Gasteiger partial charge < -0.3 is 10.1 Å². The molecule has 0 amide bonds. The molecule has 0 spiro atoms. The Balaban J connectivity index is 2.00. The number of nitrogens with one attached hydrogen (secondary N) is 1. The van der Waals surface area contributed by atoms with Gasteiger partial charge in [-0.25, -0.2) is 4.98 Å². The zero-order valence-electron chi connectivity index (χ0n) is 11.9. The van der Waals surface area contributed by atoms with Crippen molar-refractivity contribution in [3.63, 3.8) is 0 Å². The highest BCUT2D eigenvalue weighted by atomic mass is 16.4. The van der Waals surface area contributed by atoms with E-state index >= 15 is 0 Å². The van der Waals surface area contributed by atoms with E-state index in [0.29, 0.717) is 12.8 Å². The number of aromatic nitrogens is 4. The van der Waals surface area contributed by atoms with E-state index in [0.717, 1.165) is 40.6 Å². The lowest BCUT2D eigenvalue weighted by molar-refractivity contribution is -0.142. The first-order chi connectivity index (χ1) is 9.47. The van der Waals surface area contributed by atoms with Crippen LogP contribution in [-0.4, -0.2) is 30.8 Å². The summed E-state index contributed by atoms with van der Waals surface area (Å²) in [5, 5.41) is 13.5. The van der Waals surface area contributed by atoms with Crippen molar-refractivity contribution in [1.82, 2.24) is 19.7 Å². The van der Waals surface area contributed by atoms with Gasteiger partial charge in [0, 0.05) is 24.9 Å². The van der Waals surface area contributed by atoms with Crippen LogP contribution in [0.3, 0.4) is 0 Å². The first-order valence-corrected chi connectivity index (χ1v) is 6.78. The van der Waals surface area contributed by atoms with E-state index in [1.165, 1.54) is 0 Å². The maximum atomic E-state index is 11.1. The van der Waals surface area contributed by atoms with Gasteiger partial charge in [-0.05, 0) is 26.7 Å². The summed E-state index contributed by atoms with van der Waals surface area (Å²) < 4.78 is 1.84. The lowest BCUT2D eigenvalue weighted by Crippen LogP contribution is -2.22. The lowest BCUT2D eigenvalue weighted by atomic mass is 9.90. The minimum Gasteiger partial charge on any atom is -0.481 e. The van der Waals surface area contributed by atoms with E-state index in [-0.39, 0.29) is 5.92 Å². The zero-order chi connectivity index (χ0) is 14.4. The van der Waals surface area contributed by atoms with Crippen LogP contribution in [0.4, 0.5) is 0 Å². The fraction of sp³-hybridized carbons (Fsp3) is 0.500. The van der Waals surface area contributed by atoms with Crippen molar-refractivity contribution in [2.45, 2.75) is 33.1 Å². The summed E-state index contributed by atoms with van der Waals surface area (Å²) in [4.78, 5) is 19.1. The molecule has 1 aliphatic carbocycles. The molecule has 1 aliphatic rings. The number of nitrogens with zero attached hydrogens (tertiary/aromatic N) is 3. The third-order valence-electron chi connectivity index (χ3n) is 4.14. The summed E-state index contributed by atoms with van der Waals surface area (Å²) in [6.45, 7) is 3.97. The van der Waals surface area contributed by atoms with Crippen LogP contribution in [0.15, 0.2) is 0 Å². The second kappa shape index (κ2) is 4.47. The molecule has 1 atom stereocenters. The van der Waals surface area contributed by atoms with Crippen LogP contribution in [0.25, 0.3) is 11.4 Å². The molecule has 0 fully saturated rings. The molecule has 0 saturated carbocycles. The van der Waals surface area contributed by atoms with Crippen LogP contribution in [0, 0.1) is 19.8 Å². The standard InChI is InChI=1S/C14H18N4O2/c1-7-12(8(2)18(3)17-7)13-15-10-5-4-9(14(19)20)6-11(10)16-13/h9H,4-6H2,1-3H3,(H,15,16)(H,19,20). The van der Waals surface area contributed by atoms with Crippen molar-refractivity contribution in [3.05, 3.63) is 22.8 Å². The molecule has 2 heterocycles. The third kappa shape index (κ3) is 1.92. The predicted octanol–water partition coefficient (Wildman–Crippen LogP) is 1.62. The van der Waals surface area contributed by atoms with Crippen molar-refractivity contribution in [3.8, 4) is 11.4 Å². The molecule has 106 valence electrons. The molecule has 2 N–H and O–H groups in total. The number of carboxylic acids is 1. The van der Waals surface area contributed by atoms with E-state index in [2.05, 4.69) is 15.1 Å². The minimum absolute atomic E-state index is 0.299. The molecule has 3 rings (SSSR count). The molecule has 0 aromatic carbocycles. The number of rotatable bonds is 2. The summed E-state index contributed by atoms with van der Waals surface area (Å²) in [6.07, 6.45) is 1.93. The summed E-state index contributed by atoms with van der Waals surface area (Å²) >= 11 is 0. The molecule has 0 radical (unpaired) electrons.